The highest BCUT2D eigenvalue weighted by molar-refractivity contribution is 14.1. The Balaban J connectivity index is 2.02. The van der Waals surface area contributed by atoms with Crippen LogP contribution in [-0.4, -0.2) is 11.9 Å². The van der Waals surface area contributed by atoms with Gasteiger partial charge in [0.25, 0.3) is 5.91 Å². The summed E-state index contributed by atoms with van der Waals surface area (Å²) in [6.07, 6.45) is 0.474. The molecule has 1 amide bonds. The zero-order chi connectivity index (χ0) is 14.5. The van der Waals surface area contributed by atoms with Crippen LogP contribution in [0.25, 0.3) is 0 Å². The van der Waals surface area contributed by atoms with Gasteiger partial charge >= 0.3 is 0 Å². The molecule has 2 nitrogen and oxygen atoms in total. The molecule has 0 saturated carbocycles. The second kappa shape index (κ2) is 6.83. The van der Waals surface area contributed by atoms with E-state index in [4.69, 9.17) is 0 Å². The van der Waals surface area contributed by atoms with E-state index in [1.54, 1.807) is 24.3 Å². The van der Waals surface area contributed by atoms with Crippen molar-refractivity contribution in [3.05, 3.63) is 69.0 Å². The smallest absolute Gasteiger partial charge is 0.252 e. The lowest BCUT2D eigenvalue weighted by Crippen LogP contribution is -2.34. The molecule has 0 radical (unpaired) electrons. The van der Waals surface area contributed by atoms with Gasteiger partial charge in [-0.1, -0.05) is 30.3 Å². The minimum atomic E-state index is -0.233. The van der Waals surface area contributed by atoms with Crippen LogP contribution in [0.4, 0.5) is 4.39 Å². The van der Waals surface area contributed by atoms with Gasteiger partial charge in [-0.15, -0.1) is 0 Å². The second-order valence-corrected chi connectivity index (χ2v) is 5.81. The third-order valence-corrected chi connectivity index (χ3v) is 3.92. The summed E-state index contributed by atoms with van der Waals surface area (Å²) in [5.41, 5.74) is 1.26. The van der Waals surface area contributed by atoms with Gasteiger partial charge in [-0.3, -0.25) is 4.79 Å². The molecular formula is C16H15FINO. The van der Waals surface area contributed by atoms with Crippen LogP contribution in [-0.2, 0) is 6.42 Å². The van der Waals surface area contributed by atoms with Crippen molar-refractivity contribution in [3.63, 3.8) is 0 Å². The number of halogens is 2. The minimum Gasteiger partial charge on any atom is -0.349 e. The predicted octanol–water partition coefficient (Wildman–Crippen LogP) is 3.79. The van der Waals surface area contributed by atoms with Crippen molar-refractivity contribution in [2.75, 3.05) is 0 Å². The SMILES string of the molecule is CC(Cc1ccccc1F)NC(=O)c1ccccc1I. The zero-order valence-electron chi connectivity index (χ0n) is 11.1. The Bertz CT molecular complexity index is 615. The van der Waals surface area contributed by atoms with E-state index in [1.165, 1.54) is 6.07 Å². The van der Waals surface area contributed by atoms with Gasteiger partial charge < -0.3 is 5.32 Å². The summed E-state index contributed by atoms with van der Waals surface area (Å²) in [6.45, 7) is 1.88. The fourth-order valence-corrected chi connectivity index (χ4v) is 2.62. The summed E-state index contributed by atoms with van der Waals surface area (Å²) >= 11 is 2.13. The number of hydrogen-bond acceptors (Lipinski definition) is 1. The first-order chi connectivity index (χ1) is 9.58. The number of carbonyl (C=O) groups is 1. The highest BCUT2D eigenvalue weighted by Gasteiger charge is 2.13. The van der Waals surface area contributed by atoms with E-state index in [0.717, 1.165) is 3.57 Å². The molecule has 0 fully saturated rings. The van der Waals surface area contributed by atoms with Gasteiger partial charge in [-0.05, 0) is 59.7 Å². The third-order valence-electron chi connectivity index (χ3n) is 2.98. The standard InChI is InChI=1S/C16H15FINO/c1-11(10-12-6-2-4-8-14(12)17)19-16(20)13-7-3-5-9-15(13)18/h2-9,11H,10H2,1H3,(H,19,20). The van der Waals surface area contributed by atoms with Crippen molar-refractivity contribution in [1.29, 1.82) is 0 Å². The predicted molar refractivity (Wildman–Crippen MR) is 86.2 cm³/mol. The summed E-state index contributed by atoms with van der Waals surface area (Å²) in [7, 11) is 0. The van der Waals surface area contributed by atoms with Crippen LogP contribution >= 0.6 is 22.6 Å². The average molecular weight is 383 g/mol. The summed E-state index contributed by atoms with van der Waals surface area (Å²) in [5.74, 6) is -0.360. The van der Waals surface area contributed by atoms with Crippen molar-refractivity contribution >= 4 is 28.5 Å². The van der Waals surface area contributed by atoms with Crippen molar-refractivity contribution < 1.29 is 9.18 Å². The lowest BCUT2D eigenvalue weighted by Gasteiger charge is -2.15. The number of hydrogen-bond donors (Lipinski definition) is 1. The van der Waals surface area contributed by atoms with Crippen LogP contribution in [0, 0.1) is 9.39 Å². The molecule has 0 heterocycles. The Kier molecular flexibility index (Phi) is 5.11. The first-order valence-corrected chi connectivity index (χ1v) is 7.44. The van der Waals surface area contributed by atoms with Gasteiger partial charge in [0.2, 0.25) is 0 Å². The van der Waals surface area contributed by atoms with Gasteiger partial charge in [0.1, 0.15) is 5.82 Å². The van der Waals surface area contributed by atoms with Gasteiger partial charge in [0.05, 0.1) is 5.56 Å². The Hall–Kier alpha value is -1.43. The quantitative estimate of drug-likeness (QED) is 0.800. The van der Waals surface area contributed by atoms with E-state index in [2.05, 4.69) is 27.9 Å². The lowest BCUT2D eigenvalue weighted by atomic mass is 10.1. The molecule has 2 aromatic rings. The summed E-state index contributed by atoms with van der Waals surface area (Å²) in [6, 6.07) is 13.9. The zero-order valence-corrected chi connectivity index (χ0v) is 13.2. The van der Waals surface area contributed by atoms with E-state index < -0.39 is 0 Å². The maximum absolute atomic E-state index is 13.6. The summed E-state index contributed by atoms with van der Waals surface area (Å²) in [4.78, 5) is 12.1. The fraction of sp³-hybridized carbons (Fsp3) is 0.188. The number of amides is 1. The van der Waals surface area contributed by atoms with E-state index >= 15 is 0 Å². The van der Waals surface area contributed by atoms with Gasteiger partial charge in [0, 0.05) is 9.61 Å². The lowest BCUT2D eigenvalue weighted by molar-refractivity contribution is 0.0939. The number of rotatable bonds is 4. The second-order valence-electron chi connectivity index (χ2n) is 4.65. The topological polar surface area (TPSA) is 29.1 Å². The van der Waals surface area contributed by atoms with E-state index in [9.17, 15) is 9.18 Å². The molecule has 0 aliphatic heterocycles. The molecule has 0 aliphatic carbocycles. The van der Waals surface area contributed by atoms with Gasteiger partial charge in [0.15, 0.2) is 0 Å². The van der Waals surface area contributed by atoms with Crippen LogP contribution in [0.15, 0.2) is 48.5 Å². The molecule has 2 aromatic carbocycles. The van der Waals surface area contributed by atoms with Crippen molar-refractivity contribution in [3.8, 4) is 0 Å². The number of nitrogens with one attached hydrogen (secondary N) is 1. The highest BCUT2D eigenvalue weighted by atomic mass is 127. The molecule has 0 spiro atoms. The van der Waals surface area contributed by atoms with E-state index in [-0.39, 0.29) is 17.8 Å². The maximum atomic E-state index is 13.6. The molecule has 1 N–H and O–H groups in total. The molecule has 20 heavy (non-hydrogen) atoms. The molecule has 1 unspecified atom stereocenters. The largest absolute Gasteiger partial charge is 0.349 e. The first kappa shape index (κ1) is 15.0. The number of benzene rings is 2. The van der Waals surface area contributed by atoms with E-state index in [0.29, 0.717) is 17.5 Å². The molecule has 1 atom stereocenters. The molecule has 0 aromatic heterocycles. The molecule has 0 saturated heterocycles. The summed E-state index contributed by atoms with van der Waals surface area (Å²) < 4.78 is 14.5. The Morgan fingerprint density at radius 3 is 2.55 bits per heavy atom. The number of carbonyl (C=O) groups excluding carboxylic acids is 1. The summed E-state index contributed by atoms with van der Waals surface area (Å²) in [5, 5.41) is 2.90. The van der Waals surface area contributed by atoms with Gasteiger partial charge in [-0.25, -0.2) is 4.39 Å². The molecular weight excluding hydrogens is 368 g/mol. The fourth-order valence-electron chi connectivity index (χ4n) is 1.99. The normalized spacial score (nSPS) is 11.9. The Morgan fingerprint density at radius 1 is 1.20 bits per heavy atom. The minimum absolute atomic E-state index is 0.126. The van der Waals surface area contributed by atoms with Gasteiger partial charge in [-0.2, -0.15) is 0 Å². The van der Waals surface area contributed by atoms with Crippen molar-refractivity contribution in [2.45, 2.75) is 19.4 Å². The van der Waals surface area contributed by atoms with Crippen LogP contribution < -0.4 is 5.32 Å². The maximum Gasteiger partial charge on any atom is 0.252 e. The first-order valence-electron chi connectivity index (χ1n) is 6.36. The van der Waals surface area contributed by atoms with Crippen LogP contribution in [0.2, 0.25) is 0 Å². The van der Waals surface area contributed by atoms with Crippen LogP contribution in [0.1, 0.15) is 22.8 Å². The van der Waals surface area contributed by atoms with Crippen molar-refractivity contribution in [1.82, 2.24) is 5.32 Å². The third kappa shape index (κ3) is 3.79. The van der Waals surface area contributed by atoms with Crippen LogP contribution in [0.5, 0.6) is 0 Å². The van der Waals surface area contributed by atoms with E-state index in [1.807, 2.05) is 25.1 Å². The highest BCUT2D eigenvalue weighted by Crippen LogP contribution is 2.13. The molecule has 2 rings (SSSR count). The Labute approximate surface area is 131 Å². The molecule has 0 aliphatic rings. The van der Waals surface area contributed by atoms with Crippen molar-refractivity contribution in [2.24, 2.45) is 0 Å². The monoisotopic (exact) mass is 383 g/mol. The molecule has 4 heteroatoms. The van der Waals surface area contributed by atoms with Crippen LogP contribution in [0.3, 0.4) is 0 Å². The molecule has 104 valence electrons. The average Bonchev–Trinajstić information content (AvgIpc) is 2.41. The molecule has 0 bridgehead atoms. The Morgan fingerprint density at radius 2 is 1.85 bits per heavy atom.